The van der Waals surface area contributed by atoms with Gasteiger partial charge in [0.05, 0.1) is 0 Å². The molecule has 0 spiro atoms. The Morgan fingerprint density at radius 3 is 0.833 bits per heavy atom. The molecule has 0 fully saturated rings. The van der Waals surface area contributed by atoms with Gasteiger partial charge < -0.3 is 0 Å². The Hall–Kier alpha value is 0.434. The Labute approximate surface area is 81.8 Å². The Kier molecular flexibility index (Phi) is 3.80. The molecule has 0 radical (unpaired) electrons. The van der Waals surface area contributed by atoms with Gasteiger partial charge in [-0.1, -0.05) is 54.6 Å². The largest absolute Gasteiger partial charge is 0.0737 e. The van der Waals surface area contributed by atoms with E-state index in [1.807, 2.05) is 0 Å². The first-order valence-corrected chi connectivity index (χ1v) is 11.2. The van der Waals surface area contributed by atoms with Crippen molar-refractivity contribution in [2.45, 2.75) is 64.7 Å². The third-order valence-corrected chi connectivity index (χ3v) is 20.9. The molecule has 0 amide bonds. The minimum Gasteiger partial charge on any atom is -0.0737 e. The van der Waals surface area contributed by atoms with Gasteiger partial charge in [0.25, 0.3) is 0 Å². The maximum Gasteiger partial charge on any atom is 0.0312 e. The zero-order valence-electron chi connectivity index (χ0n) is 10.2. The predicted molar refractivity (Wildman–Crippen MR) is 65.5 cm³/mol. The van der Waals surface area contributed by atoms with Crippen LogP contribution in [0.4, 0.5) is 0 Å². The summed E-state index contributed by atoms with van der Waals surface area (Å²) >= 11 is 0. The van der Waals surface area contributed by atoms with Crippen molar-refractivity contribution in [2.75, 3.05) is 0 Å². The van der Waals surface area contributed by atoms with E-state index in [9.17, 15) is 0 Å². The lowest BCUT2D eigenvalue weighted by molar-refractivity contribution is 0.724. The third kappa shape index (κ3) is 3.44. The van der Waals surface area contributed by atoms with Crippen molar-refractivity contribution in [3.05, 3.63) is 0 Å². The first-order valence-electron chi connectivity index (χ1n) is 5.07. The zero-order valence-corrected chi connectivity index (χ0v) is 12.5. The molecule has 12 heavy (non-hydrogen) atoms. The average molecular weight is 202 g/mol. The molecule has 74 valence electrons. The lowest BCUT2D eigenvalue weighted by Crippen LogP contribution is -2.43. The van der Waals surface area contributed by atoms with Crippen LogP contribution in [0.3, 0.4) is 0 Å². The van der Waals surface area contributed by atoms with Gasteiger partial charge in [0.1, 0.15) is 0 Å². The highest BCUT2D eigenvalue weighted by Crippen LogP contribution is 2.36. The first-order chi connectivity index (χ1) is 5.07. The Bertz CT molecular complexity index is 121. The number of rotatable bonds is 1. The fraction of sp³-hybridized carbons (Fsp3) is 1.00. The van der Waals surface area contributed by atoms with E-state index in [2.05, 4.69) is 54.6 Å². The summed E-state index contributed by atoms with van der Waals surface area (Å²) < 4.78 is 0. The second kappa shape index (κ2) is 3.66. The van der Waals surface area contributed by atoms with E-state index >= 15 is 0 Å². The Balaban J connectivity index is 4.41. The highest BCUT2D eigenvalue weighted by Gasteiger charge is 2.34. The van der Waals surface area contributed by atoms with Gasteiger partial charge in [0.2, 0.25) is 0 Å². The van der Waals surface area contributed by atoms with Gasteiger partial charge in [0.15, 0.2) is 0 Å². The molecule has 0 heterocycles. The van der Waals surface area contributed by atoms with Gasteiger partial charge in [-0.2, -0.15) is 0 Å². The van der Waals surface area contributed by atoms with Crippen LogP contribution in [-0.4, -0.2) is 16.6 Å². The lowest BCUT2D eigenvalue weighted by Gasteiger charge is -2.37. The molecule has 0 aromatic rings. The lowest BCUT2D eigenvalue weighted by atomic mass is 10.2. The maximum atomic E-state index is 2.57. The molecule has 0 aliphatic carbocycles. The fourth-order valence-electron chi connectivity index (χ4n) is 1.50. The molecule has 0 aromatic carbocycles. The molecule has 0 rings (SSSR count). The third-order valence-electron chi connectivity index (χ3n) is 3.48. The molecule has 0 nitrogen and oxygen atoms in total. The quantitative estimate of drug-likeness (QED) is 0.572. The zero-order chi connectivity index (χ0) is 10.2. The molecule has 0 saturated heterocycles. The normalized spacial score (nSPS) is 19.0. The van der Waals surface area contributed by atoms with Crippen LogP contribution in [0.5, 0.6) is 0 Å². The van der Waals surface area contributed by atoms with E-state index in [1.54, 1.807) is 0 Å². The van der Waals surface area contributed by atoms with Crippen LogP contribution in [0, 0.1) is 0 Å². The van der Waals surface area contributed by atoms with E-state index in [-0.39, 0.29) is 0 Å². The molecule has 0 N–H and O–H groups in total. The SMILES string of the molecule is C[SiH]([SiH](C)C(C)(C)C)C(C)(C)C. The number of hydrogen-bond acceptors (Lipinski definition) is 0. The van der Waals surface area contributed by atoms with E-state index < -0.39 is 16.6 Å². The summed E-state index contributed by atoms with van der Waals surface area (Å²) in [6.07, 6.45) is 0. The minimum absolute atomic E-state index is 0.471. The minimum atomic E-state index is -0.471. The van der Waals surface area contributed by atoms with Gasteiger partial charge in [-0.15, -0.1) is 0 Å². The molecular formula is C10H26Si2. The fourth-order valence-corrected chi connectivity index (χ4v) is 13.5. The van der Waals surface area contributed by atoms with E-state index in [0.717, 1.165) is 0 Å². The highest BCUT2D eigenvalue weighted by molar-refractivity contribution is 7.23. The molecule has 2 heteroatoms. The molecule has 0 saturated carbocycles. The maximum absolute atomic E-state index is 2.57. The molecule has 2 atom stereocenters. The number of hydrogen-bond donors (Lipinski definition) is 0. The van der Waals surface area contributed by atoms with Gasteiger partial charge in [0, 0.05) is 16.6 Å². The summed E-state index contributed by atoms with van der Waals surface area (Å²) in [7, 11) is -0.941. The molecule has 2 unspecified atom stereocenters. The van der Waals surface area contributed by atoms with Crippen molar-refractivity contribution in [1.29, 1.82) is 0 Å². The Morgan fingerprint density at radius 2 is 0.750 bits per heavy atom. The average Bonchev–Trinajstić information content (AvgIpc) is 1.80. The summed E-state index contributed by atoms with van der Waals surface area (Å²) in [5.41, 5.74) is 0. The van der Waals surface area contributed by atoms with Gasteiger partial charge >= 0.3 is 0 Å². The Morgan fingerprint density at radius 1 is 0.583 bits per heavy atom. The van der Waals surface area contributed by atoms with Crippen LogP contribution in [0.2, 0.25) is 23.2 Å². The molecule has 0 bridgehead atoms. The van der Waals surface area contributed by atoms with Crippen molar-refractivity contribution >= 4 is 16.6 Å². The molecule has 0 aliphatic heterocycles. The topological polar surface area (TPSA) is 0 Å². The van der Waals surface area contributed by atoms with Crippen molar-refractivity contribution in [1.82, 2.24) is 0 Å². The summed E-state index contributed by atoms with van der Waals surface area (Å²) in [4.78, 5) is 0. The van der Waals surface area contributed by atoms with Crippen LogP contribution in [0.1, 0.15) is 41.5 Å². The summed E-state index contributed by atoms with van der Waals surface area (Å²) in [6.45, 7) is 19.7. The highest BCUT2D eigenvalue weighted by atomic mass is 29.2. The smallest absolute Gasteiger partial charge is 0.0312 e. The summed E-state index contributed by atoms with van der Waals surface area (Å²) in [6, 6.07) is 0. The van der Waals surface area contributed by atoms with Crippen LogP contribution in [0.25, 0.3) is 0 Å². The van der Waals surface area contributed by atoms with Crippen molar-refractivity contribution in [3.63, 3.8) is 0 Å². The monoisotopic (exact) mass is 202 g/mol. The van der Waals surface area contributed by atoms with Crippen molar-refractivity contribution in [2.24, 2.45) is 0 Å². The van der Waals surface area contributed by atoms with Crippen molar-refractivity contribution < 1.29 is 0 Å². The van der Waals surface area contributed by atoms with E-state index in [0.29, 0.717) is 10.1 Å². The second-order valence-electron chi connectivity index (χ2n) is 6.31. The van der Waals surface area contributed by atoms with E-state index in [1.165, 1.54) is 0 Å². The second-order valence-corrected chi connectivity index (χ2v) is 18.9. The predicted octanol–water partition coefficient (Wildman–Crippen LogP) is 3.38. The van der Waals surface area contributed by atoms with Crippen molar-refractivity contribution in [3.8, 4) is 0 Å². The standard InChI is InChI=1S/C10H26Si2/c1-9(2,3)11(7)12(8)10(4,5)6/h11-12H,1-8H3. The van der Waals surface area contributed by atoms with Crippen LogP contribution in [-0.2, 0) is 0 Å². The molecule has 0 aliphatic rings. The van der Waals surface area contributed by atoms with E-state index in [4.69, 9.17) is 0 Å². The first kappa shape index (κ1) is 12.4. The van der Waals surface area contributed by atoms with Gasteiger partial charge in [-0.3, -0.25) is 0 Å². The van der Waals surface area contributed by atoms with Gasteiger partial charge in [-0.05, 0) is 10.1 Å². The molecule has 0 aromatic heterocycles. The van der Waals surface area contributed by atoms with Crippen LogP contribution >= 0.6 is 0 Å². The van der Waals surface area contributed by atoms with Crippen LogP contribution < -0.4 is 0 Å². The van der Waals surface area contributed by atoms with Crippen LogP contribution in [0.15, 0.2) is 0 Å². The summed E-state index contributed by atoms with van der Waals surface area (Å²) in [5.74, 6) is 0. The summed E-state index contributed by atoms with van der Waals surface area (Å²) in [5, 5.41) is 1.28. The van der Waals surface area contributed by atoms with Gasteiger partial charge in [-0.25, -0.2) is 0 Å². The molecular weight excluding hydrogens is 176 g/mol.